The molecule has 0 fully saturated rings. The third kappa shape index (κ3) is 6.42. The normalized spacial score (nSPS) is 11.2. The van der Waals surface area contributed by atoms with Crippen LogP contribution in [0.15, 0.2) is 113 Å². The Morgan fingerprint density at radius 2 is 1.44 bits per heavy atom. The fourth-order valence-corrected chi connectivity index (χ4v) is 6.18. The van der Waals surface area contributed by atoms with Crippen LogP contribution in [0.4, 0.5) is 11.4 Å². The molecule has 4 aromatic rings. The molecule has 0 aliphatic rings. The van der Waals surface area contributed by atoms with Crippen LogP contribution in [0.3, 0.4) is 0 Å². The summed E-state index contributed by atoms with van der Waals surface area (Å²) in [4.78, 5) is 14.2. The molecule has 184 valence electrons. The minimum absolute atomic E-state index is 0.0362. The van der Waals surface area contributed by atoms with Crippen molar-refractivity contribution in [3.05, 3.63) is 119 Å². The average Bonchev–Trinajstić information content (AvgIpc) is 2.90. The Morgan fingerprint density at radius 3 is 2.11 bits per heavy atom. The molecule has 1 amide bonds. The zero-order valence-corrected chi connectivity index (χ0v) is 22.1. The van der Waals surface area contributed by atoms with E-state index in [4.69, 9.17) is 23.2 Å². The Hall–Kier alpha value is -2.97. The van der Waals surface area contributed by atoms with Crippen LogP contribution in [0, 0.1) is 0 Å². The molecule has 0 unspecified atom stereocenters. The number of nitrogens with one attached hydrogen (secondary N) is 1. The first-order valence-corrected chi connectivity index (χ1v) is 14.1. The Balaban J connectivity index is 1.50. The summed E-state index contributed by atoms with van der Waals surface area (Å²) >= 11 is 14.2. The minimum atomic E-state index is -4.09. The summed E-state index contributed by atoms with van der Waals surface area (Å²) < 4.78 is 27.9. The van der Waals surface area contributed by atoms with Crippen LogP contribution in [-0.2, 0) is 20.6 Å². The topological polar surface area (TPSA) is 66.5 Å². The van der Waals surface area contributed by atoms with E-state index >= 15 is 0 Å². The van der Waals surface area contributed by atoms with Gasteiger partial charge in [0.15, 0.2) is 0 Å². The van der Waals surface area contributed by atoms with E-state index in [2.05, 4.69) is 17.4 Å². The molecule has 0 saturated carbocycles. The van der Waals surface area contributed by atoms with Gasteiger partial charge in [0, 0.05) is 16.3 Å². The van der Waals surface area contributed by atoms with Crippen LogP contribution < -0.4 is 9.62 Å². The number of nitrogens with zero attached hydrogens (tertiary/aromatic N) is 1. The van der Waals surface area contributed by atoms with Crippen molar-refractivity contribution < 1.29 is 13.2 Å². The largest absolute Gasteiger partial charge is 0.325 e. The highest BCUT2D eigenvalue weighted by molar-refractivity contribution is 7.98. The van der Waals surface area contributed by atoms with E-state index < -0.39 is 22.5 Å². The van der Waals surface area contributed by atoms with E-state index in [0.717, 1.165) is 15.6 Å². The third-order valence-electron chi connectivity index (χ3n) is 5.20. The van der Waals surface area contributed by atoms with Crippen LogP contribution in [0.5, 0.6) is 0 Å². The van der Waals surface area contributed by atoms with Gasteiger partial charge in [-0.15, -0.1) is 11.8 Å². The van der Waals surface area contributed by atoms with Crippen molar-refractivity contribution in [2.75, 3.05) is 16.2 Å². The van der Waals surface area contributed by atoms with Crippen molar-refractivity contribution in [1.29, 1.82) is 0 Å². The van der Waals surface area contributed by atoms with Crippen molar-refractivity contribution in [3.8, 4) is 0 Å². The van der Waals surface area contributed by atoms with Gasteiger partial charge in [-0.1, -0.05) is 77.8 Å². The first-order valence-electron chi connectivity index (χ1n) is 10.9. The van der Waals surface area contributed by atoms with E-state index in [0.29, 0.717) is 5.69 Å². The number of hydrogen-bond donors (Lipinski definition) is 1. The van der Waals surface area contributed by atoms with Gasteiger partial charge < -0.3 is 5.32 Å². The lowest BCUT2D eigenvalue weighted by atomic mass is 10.2. The molecular formula is C27H22Cl2N2O3S2. The summed E-state index contributed by atoms with van der Waals surface area (Å²) in [5.74, 6) is 0.270. The lowest BCUT2D eigenvalue weighted by molar-refractivity contribution is -0.114. The lowest BCUT2D eigenvalue weighted by Crippen LogP contribution is -2.38. The van der Waals surface area contributed by atoms with Crippen molar-refractivity contribution in [2.45, 2.75) is 15.5 Å². The first-order chi connectivity index (χ1) is 17.3. The van der Waals surface area contributed by atoms with Crippen LogP contribution in [0.1, 0.15) is 5.56 Å². The molecule has 0 aliphatic heterocycles. The molecule has 36 heavy (non-hydrogen) atoms. The summed E-state index contributed by atoms with van der Waals surface area (Å²) in [6, 6.07) is 30.1. The number of rotatable bonds is 9. The Labute approximate surface area is 225 Å². The number of carbonyl (C=O) groups excluding carboxylic acids is 1. The SMILES string of the molecule is O=C(CN(c1cccc(Cl)c1Cl)S(=O)(=O)c1ccccc1)Nc1ccc(CSc2ccccc2)cc1. The maximum atomic E-state index is 13.5. The Morgan fingerprint density at radius 1 is 0.806 bits per heavy atom. The van der Waals surface area contributed by atoms with E-state index in [1.54, 1.807) is 54.2 Å². The predicted molar refractivity (Wildman–Crippen MR) is 149 cm³/mol. The molecule has 0 radical (unpaired) electrons. The van der Waals surface area contributed by atoms with Gasteiger partial charge in [0.25, 0.3) is 10.0 Å². The van der Waals surface area contributed by atoms with Gasteiger partial charge in [0.1, 0.15) is 6.54 Å². The van der Waals surface area contributed by atoms with Gasteiger partial charge >= 0.3 is 0 Å². The van der Waals surface area contributed by atoms with Gasteiger partial charge in [-0.05, 0) is 54.1 Å². The number of halogens is 2. The molecule has 0 aliphatic carbocycles. The van der Waals surface area contributed by atoms with Gasteiger partial charge in [-0.3, -0.25) is 9.10 Å². The van der Waals surface area contributed by atoms with Gasteiger partial charge in [0.2, 0.25) is 5.91 Å². The number of thioether (sulfide) groups is 1. The molecule has 0 saturated heterocycles. The molecule has 0 bridgehead atoms. The lowest BCUT2D eigenvalue weighted by Gasteiger charge is -2.25. The van der Waals surface area contributed by atoms with E-state index in [-0.39, 0.29) is 20.6 Å². The number of carbonyl (C=O) groups is 1. The number of sulfonamides is 1. The van der Waals surface area contributed by atoms with Crippen molar-refractivity contribution in [2.24, 2.45) is 0 Å². The van der Waals surface area contributed by atoms with Crippen LogP contribution in [0.2, 0.25) is 10.0 Å². The Bertz CT molecular complexity index is 1430. The minimum Gasteiger partial charge on any atom is -0.325 e. The number of hydrogen-bond acceptors (Lipinski definition) is 4. The summed E-state index contributed by atoms with van der Waals surface area (Å²) in [5, 5.41) is 3.01. The molecule has 0 spiro atoms. The fraction of sp³-hybridized carbons (Fsp3) is 0.0741. The third-order valence-corrected chi connectivity index (χ3v) is 8.87. The van der Waals surface area contributed by atoms with Crippen LogP contribution in [-0.4, -0.2) is 20.9 Å². The van der Waals surface area contributed by atoms with Crippen molar-refractivity contribution in [1.82, 2.24) is 0 Å². The smallest absolute Gasteiger partial charge is 0.264 e. The maximum absolute atomic E-state index is 13.5. The van der Waals surface area contributed by atoms with Crippen molar-refractivity contribution >= 4 is 62.3 Å². The molecule has 1 N–H and O–H groups in total. The molecule has 0 aromatic heterocycles. The van der Waals surface area contributed by atoms with Gasteiger partial charge in [-0.2, -0.15) is 0 Å². The summed E-state index contributed by atoms with van der Waals surface area (Å²) in [7, 11) is -4.09. The second-order valence-electron chi connectivity index (χ2n) is 7.74. The van der Waals surface area contributed by atoms with E-state index in [9.17, 15) is 13.2 Å². The molecule has 4 rings (SSSR count). The highest BCUT2D eigenvalue weighted by Crippen LogP contribution is 2.35. The van der Waals surface area contributed by atoms with E-state index in [1.807, 2.05) is 30.3 Å². The predicted octanol–water partition coefficient (Wildman–Crippen LogP) is 7.12. The number of amides is 1. The monoisotopic (exact) mass is 556 g/mol. The van der Waals surface area contributed by atoms with Gasteiger partial charge in [0.05, 0.1) is 20.6 Å². The Kier molecular flexibility index (Phi) is 8.59. The zero-order valence-electron chi connectivity index (χ0n) is 19.0. The summed E-state index contributed by atoms with van der Waals surface area (Å²) in [6.45, 7) is -0.483. The highest BCUT2D eigenvalue weighted by atomic mass is 35.5. The fourth-order valence-electron chi connectivity index (χ4n) is 3.40. The molecule has 4 aromatic carbocycles. The van der Waals surface area contributed by atoms with Gasteiger partial charge in [-0.25, -0.2) is 8.42 Å². The van der Waals surface area contributed by atoms with Crippen LogP contribution in [0.25, 0.3) is 0 Å². The highest BCUT2D eigenvalue weighted by Gasteiger charge is 2.29. The summed E-state index contributed by atoms with van der Waals surface area (Å²) in [5.41, 5.74) is 1.78. The standard InChI is InChI=1S/C27H22Cl2N2O3S2/c28-24-12-7-13-25(27(24)29)31(36(33,34)23-10-5-2-6-11-23)18-26(32)30-21-16-14-20(15-17-21)19-35-22-8-3-1-4-9-22/h1-17H,18-19H2,(H,30,32). The molecule has 5 nitrogen and oxygen atoms in total. The average molecular weight is 558 g/mol. The molecule has 0 atom stereocenters. The number of anilines is 2. The second kappa shape index (κ2) is 11.8. The van der Waals surface area contributed by atoms with Crippen molar-refractivity contribution in [3.63, 3.8) is 0 Å². The second-order valence-corrected chi connectivity index (χ2v) is 11.4. The number of benzene rings is 4. The quantitative estimate of drug-likeness (QED) is 0.223. The first kappa shape index (κ1) is 26.1. The molecular weight excluding hydrogens is 535 g/mol. The molecule has 9 heteroatoms. The van der Waals surface area contributed by atoms with E-state index in [1.165, 1.54) is 23.1 Å². The molecule has 0 heterocycles. The zero-order chi connectivity index (χ0) is 25.5. The van der Waals surface area contributed by atoms with Crippen LogP contribution >= 0.6 is 35.0 Å². The maximum Gasteiger partial charge on any atom is 0.264 e. The summed E-state index contributed by atoms with van der Waals surface area (Å²) in [6.07, 6.45) is 0.